The Hall–Kier alpha value is -3.11. The van der Waals surface area contributed by atoms with Gasteiger partial charge in [0.1, 0.15) is 5.75 Å². The van der Waals surface area contributed by atoms with Gasteiger partial charge in [-0.25, -0.2) is 0 Å². The van der Waals surface area contributed by atoms with Crippen molar-refractivity contribution in [2.24, 2.45) is 5.73 Å². The van der Waals surface area contributed by atoms with Gasteiger partial charge < -0.3 is 15.8 Å². The van der Waals surface area contributed by atoms with E-state index in [0.717, 1.165) is 22.4 Å². The van der Waals surface area contributed by atoms with Gasteiger partial charge in [0.25, 0.3) is 5.91 Å². The molecule has 0 fully saturated rings. The lowest BCUT2D eigenvalue weighted by Crippen LogP contribution is -2.33. The molecule has 0 bridgehead atoms. The van der Waals surface area contributed by atoms with Crippen molar-refractivity contribution in [2.45, 2.75) is 13.0 Å². The predicted molar refractivity (Wildman–Crippen MR) is 109 cm³/mol. The maximum absolute atomic E-state index is 12.7. The summed E-state index contributed by atoms with van der Waals surface area (Å²) in [6, 6.07) is 25.0. The van der Waals surface area contributed by atoms with Gasteiger partial charge >= 0.3 is 0 Å². The first-order valence-corrected chi connectivity index (χ1v) is 9.10. The first kappa shape index (κ1) is 18.7. The molecular weight excluding hydrogens is 336 g/mol. The number of amides is 1. The zero-order valence-corrected chi connectivity index (χ0v) is 15.4. The predicted octanol–water partition coefficient (Wildman–Crippen LogP) is 4.18. The van der Waals surface area contributed by atoms with Gasteiger partial charge in [-0.15, -0.1) is 0 Å². The standard InChI is InChI=1S/C23H24N2O2/c1-2-27-21-13-7-11-19(15-21)18-10-6-12-20(14-18)23(26)25-22(16-24)17-8-4-3-5-9-17/h3-15,22H,2,16,24H2,1H3,(H,25,26)/t22-/m1/s1. The number of rotatable bonds is 7. The zero-order chi connectivity index (χ0) is 19.1. The molecule has 3 N–H and O–H groups in total. The van der Waals surface area contributed by atoms with Crippen molar-refractivity contribution in [2.75, 3.05) is 13.2 Å². The Morgan fingerprint density at radius 2 is 1.67 bits per heavy atom. The number of benzene rings is 3. The van der Waals surface area contributed by atoms with Crippen LogP contribution in [0.15, 0.2) is 78.9 Å². The Balaban J connectivity index is 1.80. The average molecular weight is 360 g/mol. The number of nitrogens with one attached hydrogen (secondary N) is 1. The Morgan fingerprint density at radius 1 is 0.963 bits per heavy atom. The molecule has 3 aromatic carbocycles. The van der Waals surface area contributed by atoms with E-state index < -0.39 is 0 Å². The topological polar surface area (TPSA) is 64.3 Å². The van der Waals surface area contributed by atoms with Crippen LogP contribution in [0.4, 0.5) is 0 Å². The van der Waals surface area contributed by atoms with Crippen LogP contribution in [0.5, 0.6) is 5.75 Å². The molecule has 1 amide bonds. The molecule has 0 saturated carbocycles. The highest BCUT2D eigenvalue weighted by Gasteiger charge is 2.14. The molecule has 0 aliphatic heterocycles. The summed E-state index contributed by atoms with van der Waals surface area (Å²) in [5, 5.41) is 3.02. The monoisotopic (exact) mass is 360 g/mol. The van der Waals surface area contributed by atoms with Gasteiger partial charge in [0.15, 0.2) is 0 Å². The quantitative estimate of drug-likeness (QED) is 0.664. The van der Waals surface area contributed by atoms with Crippen molar-refractivity contribution in [1.82, 2.24) is 5.32 Å². The van der Waals surface area contributed by atoms with Crippen LogP contribution in [0.25, 0.3) is 11.1 Å². The third kappa shape index (κ3) is 4.74. The third-order valence-electron chi connectivity index (χ3n) is 4.35. The van der Waals surface area contributed by atoms with Gasteiger partial charge in [0, 0.05) is 12.1 Å². The summed E-state index contributed by atoms with van der Waals surface area (Å²) in [4.78, 5) is 12.7. The summed E-state index contributed by atoms with van der Waals surface area (Å²) in [5.74, 6) is 0.675. The third-order valence-corrected chi connectivity index (χ3v) is 4.35. The summed E-state index contributed by atoms with van der Waals surface area (Å²) < 4.78 is 5.57. The van der Waals surface area contributed by atoms with Crippen molar-refractivity contribution < 1.29 is 9.53 Å². The fourth-order valence-corrected chi connectivity index (χ4v) is 2.98. The van der Waals surface area contributed by atoms with E-state index >= 15 is 0 Å². The number of carbonyl (C=O) groups excluding carboxylic acids is 1. The summed E-state index contributed by atoms with van der Waals surface area (Å²) in [5.41, 5.74) is 9.44. The van der Waals surface area contributed by atoms with Crippen molar-refractivity contribution in [1.29, 1.82) is 0 Å². The second kappa shape index (κ2) is 9.01. The molecule has 4 heteroatoms. The molecule has 138 valence electrons. The normalized spacial score (nSPS) is 11.6. The molecule has 0 unspecified atom stereocenters. The van der Waals surface area contributed by atoms with E-state index in [-0.39, 0.29) is 11.9 Å². The van der Waals surface area contributed by atoms with Crippen LogP contribution in [0.2, 0.25) is 0 Å². The molecule has 4 nitrogen and oxygen atoms in total. The lowest BCUT2D eigenvalue weighted by molar-refractivity contribution is 0.0938. The van der Waals surface area contributed by atoms with Crippen LogP contribution in [-0.4, -0.2) is 19.1 Å². The Kier molecular flexibility index (Phi) is 6.23. The zero-order valence-electron chi connectivity index (χ0n) is 15.4. The van der Waals surface area contributed by atoms with Gasteiger partial charge in [0.05, 0.1) is 12.6 Å². The van der Waals surface area contributed by atoms with Gasteiger partial charge in [-0.1, -0.05) is 54.6 Å². The largest absolute Gasteiger partial charge is 0.494 e. The highest BCUT2D eigenvalue weighted by molar-refractivity contribution is 5.95. The Labute approximate surface area is 160 Å². The smallest absolute Gasteiger partial charge is 0.251 e. The van der Waals surface area contributed by atoms with Gasteiger partial charge in [-0.05, 0) is 47.9 Å². The lowest BCUT2D eigenvalue weighted by Gasteiger charge is -2.17. The minimum Gasteiger partial charge on any atom is -0.494 e. The van der Waals surface area contributed by atoms with Crippen LogP contribution in [0.3, 0.4) is 0 Å². The van der Waals surface area contributed by atoms with Crippen LogP contribution in [0, 0.1) is 0 Å². The van der Waals surface area contributed by atoms with E-state index in [1.165, 1.54) is 0 Å². The Bertz CT molecular complexity index is 894. The SMILES string of the molecule is CCOc1cccc(-c2cccc(C(=O)N[C@H](CN)c3ccccc3)c2)c1. The minimum absolute atomic E-state index is 0.142. The van der Waals surface area contributed by atoms with Crippen molar-refractivity contribution in [3.8, 4) is 16.9 Å². The van der Waals surface area contributed by atoms with Gasteiger partial charge in [0.2, 0.25) is 0 Å². The molecule has 27 heavy (non-hydrogen) atoms. The number of hydrogen-bond donors (Lipinski definition) is 2. The van der Waals surface area contributed by atoms with Crippen molar-refractivity contribution >= 4 is 5.91 Å². The molecule has 3 rings (SSSR count). The molecule has 0 saturated heterocycles. The van der Waals surface area contributed by atoms with Crippen LogP contribution in [0.1, 0.15) is 28.9 Å². The fraction of sp³-hybridized carbons (Fsp3) is 0.174. The average Bonchev–Trinajstić information content (AvgIpc) is 2.73. The van der Waals surface area contributed by atoms with E-state index in [0.29, 0.717) is 18.7 Å². The van der Waals surface area contributed by atoms with Crippen LogP contribution in [-0.2, 0) is 0 Å². The van der Waals surface area contributed by atoms with Crippen molar-refractivity contribution in [3.63, 3.8) is 0 Å². The maximum atomic E-state index is 12.7. The number of hydrogen-bond acceptors (Lipinski definition) is 3. The number of ether oxygens (including phenoxy) is 1. The van der Waals surface area contributed by atoms with Crippen LogP contribution >= 0.6 is 0 Å². The molecule has 0 spiro atoms. The summed E-state index contributed by atoms with van der Waals surface area (Å²) in [6.07, 6.45) is 0. The van der Waals surface area contributed by atoms with Crippen LogP contribution < -0.4 is 15.8 Å². The molecule has 0 aliphatic rings. The van der Waals surface area contributed by atoms with Crippen molar-refractivity contribution in [3.05, 3.63) is 90.0 Å². The molecule has 3 aromatic rings. The molecule has 0 radical (unpaired) electrons. The minimum atomic E-state index is -0.219. The maximum Gasteiger partial charge on any atom is 0.251 e. The van der Waals surface area contributed by atoms with E-state index in [1.54, 1.807) is 0 Å². The van der Waals surface area contributed by atoms with E-state index in [1.807, 2.05) is 85.8 Å². The number of nitrogens with two attached hydrogens (primary N) is 1. The first-order chi connectivity index (χ1) is 13.2. The number of carbonyl (C=O) groups is 1. The molecular formula is C23H24N2O2. The van der Waals surface area contributed by atoms with Gasteiger partial charge in [-0.3, -0.25) is 4.79 Å². The van der Waals surface area contributed by atoms with Gasteiger partial charge in [-0.2, -0.15) is 0 Å². The molecule has 0 aromatic heterocycles. The lowest BCUT2D eigenvalue weighted by atomic mass is 10.0. The molecule has 1 atom stereocenters. The second-order valence-corrected chi connectivity index (χ2v) is 6.21. The highest BCUT2D eigenvalue weighted by atomic mass is 16.5. The fourth-order valence-electron chi connectivity index (χ4n) is 2.98. The highest BCUT2D eigenvalue weighted by Crippen LogP contribution is 2.25. The van der Waals surface area contributed by atoms with E-state index in [2.05, 4.69) is 5.32 Å². The first-order valence-electron chi connectivity index (χ1n) is 9.10. The Morgan fingerprint density at radius 3 is 2.37 bits per heavy atom. The summed E-state index contributed by atoms with van der Waals surface area (Å²) in [6.45, 7) is 2.91. The summed E-state index contributed by atoms with van der Waals surface area (Å²) in [7, 11) is 0. The summed E-state index contributed by atoms with van der Waals surface area (Å²) >= 11 is 0. The second-order valence-electron chi connectivity index (χ2n) is 6.21. The molecule has 0 heterocycles. The van der Waals surface area contributed by atoms with E-state index in [9.17, 15) is 4.79 Å². The molecule has 0 aliphatic carbocycles. The van der Waals surface area contributed by atoms with E-state index in [4.69, 9.17) is 10.5 Å².